The van der Waals surface area contributed by atoms with Crippen molar-refractivity contribution in [1.29, 1.82) is 0 Å². The van der Waals surface area contributed by atoms with Crippen LogP contribution < -0.4 is 15.4 Å². The van der Waals surface area contributed by atoms with E-state index < -0.39 is 17.4 Å². The molecule has 6 rings (SSSR count). The molecule has 1 unspecified atom stereocenters. The van der Waals surface area contributed by atoms with Crippen LogP contribution in [0.2, 0.25) is 15.1 Å². The van der Waals surface area contributed by atoms with Crippen molar-refractivity contribution in [1.82, 2.24) is 20.5 Å². The van der Waals surface area contributed by atoms with Crippen molar-refractivity contribution < 1.29 is 18.3 Å². The molecule has 1 amide bonds. The molecule has 2 fully saturated rings. The van der Waals surface area contributed by atoms with E-state index in [4.69, 9.17) is 44.5 Å². The number of benzene rings is 2. The van der Waals surface area contributed by atoms with Gasteiger partial charge in [0.15, 0.2) is 17.4 Å². The van der Waals surface area contributed by atoms with Crippen LogP contribution in [0.3, 0.4) is 0 Å². The van der Waals surface area contributed by atoms with Gasteiger partial charge in [0.2, 0.25) is 0 Å². The van der Waals surface area contributed by atoms with Crippen molar-refractivity contribution in [2.24, 2.45) is 0 Å². The Bertz CT molecular complexity index is 1530. The molecule has 42 heavy (non-hydrogen) atoms. The van der Waals surface area contributed by atoms with Gasteiger partial charge in [-0.05, 0) is 61.4 Å². The van der Waals surface area contributed by atoms with Gasteiger partial charge < -0.3 is 20.3 Å². The first-order chi connectivity index (χ1) is 20.3. The Morgan fingerprint density at radius 3 is 2.76 bits per heavy atom. The van der Waals surface area contributed by atoms with E-state index in [1.54, 1.807) is 6.07 Å². The Morgan fingerprint density at radius 1 is 1.12 bits per heavy atom. The second kappa shape index (κ2) is 12.8. The predicted octanol–water partition coefficient (Wildman–Crippen LogP) is 6.67. The number of amides is 1. The van der Waals surface area contributed by atoms with E-state index in [1.807, 2.05) is 22.4 Å². The number of aromatic nitrogens is 1. The zero-order valence-corrected chi connectivity index (χ0v) is 25.7. The molecule has 2 N–H and O–H groups in total. The lowest BCUT2D eigenvalue weighted by atomic mass is 9.87. The second-order valence-electron chi connectivity index (χ2n) is 10.8. The van der Waals surface area contributed by atoms with Gasteiger partial charge in [-0.2, -0.15) is 0 Å². The van der Waals surface area contributed by atoms with Crippen molar-refractivity contribution >= 4 is 57.6 Å². The highest BCUT2D eigenvalue weighted by molar-refractivity contribution is 7.10. The largest absolute Gasteiger partial charge is 0.488 e. The first-order valence-electron chi connectivity index (χ1n) is 13.9. The van der Waals surface area contributed by atoms with Crippen LogP contribution in [0.15, 0.2) is 41.3 Å². The highest BCUT2D eigenvalue weighted by Crippen LogP contribution is 2.38. The SMILES string of the molecule is O=C(C1=C(c2nc(CCCOc3c(F)ccc(Cl)c3F)cs2)CC2CNC[C@H]1N2)N(Cc1cccc(Cl)c1Cl)C1CC1. The van der Waals surface area contributed by atoms with Gasteiger partial charge in [0, 0.05) is 42.7 Å². The predicted molar refractivity (Wildman–Crippen MR) is 162 cm³/mol. The summed E-state index contributed by atoms with van der Waals surface area (Å²) in [4.78, 5) is 21.1. The summed E-state index contributed by atoms with van der Waals surface area (Å²) in [5.41, 5.74) is 3.40. The molecule has 2 aromatic carbocycles. The Labute approximate surface area is 262 Å². The smallest absolute Gasteiger partial charge is 0.252 e. The Morgan fingerprint density at radius 2 is 1.95 bits per heavy atom. The van der Waals surface area contributed by atoms with Gasteiger partial charge in [-0.25, -0.2) is 13.8 Å². The normalized spacial score (nSPS) is 20.1. The molecule has 2 aliphatic heterocycles. The van der Waals surface area contributed by atoms with E-state index in [0.29, 0.717) is 42.4 Å². The van der Waals surface area contributed by atoms with E-state index in [9.17, 15) is 13.6 Å². The highest BCUT2D eigenvalue weighted by Gasteiger charge is 2.41. The van der Waals surface area contributed by atoms with E-state index in [-0.39, 0.29) is 35.7 Å². The quantitative estimate of drug-likeness (QED) is 0.189. The summed E-state index contributed by atoms with van der Waals surface area (Å²) in [5.74, 6) is -2.16. The number of hydrogen-bond acceptors (Lipinski definition) is 6. The molecule has 1 aliphatic carbocycles. The van der Waals surface area contributed by atoms with Gasteiger partial charge in [-0.3, -0.25) is 4.79 Å². The van der Waals surface area contributed by atoms with Crippen molar-refractivity contribution in [3.8, 4) is 5.75 Å². The van der Waals surface area contributed by atoms with Gasteiger partial charge in [0.05, 0.1) is 33.4 Å². The molecule has 12 heteroatoms. The number of ether oxygens (including phenoxy) is 1. The summed E-state index contributed by atoms with van der Waals surface area (Å²) in [5, 5.41) is 10.7. The van der Waals surface area contributed by atoms with Crippen LogP contribution in [-0.4, -0.2) is 53.6 Å². The summed E-state index contributed by atoms with van der Waals surface area (Å²) in [6.45, 7) is 1.97. The number of hydrogen-bond donors (Lipinski definition) is 2. The molecule has 1 saturated carbocycles. The molecule has 3 heterocycles. The molecular formula is C30H29Cl3F2N4O2S. The standard InChI is InChI=1S/C30H29Cl3F2N4O2S/c31-21-5-1-3-16(26(21)33)14-39(19-6-7-19)30(40)25-20(11-18-12-36-13-24(25)37-18)29-38-17(15-42-29)4-2-10-41-28-23(34)9-8-22(32)27(28)35/h1,3,5,8-9,15,18-19,24,36-37H,2,4,6-7,10-14H2/t18?,24-/m1/s1. The lowest BCUT2D eigenvalue weighted by Gasteiger charge is -2.40. The van der Waals surface area contributed by atoms with E-state index >= 15 is 0 Å². The lowest BCUT2D eigenvalue weighted by Crippen LogP contribution is -2.60. The number of piperazine rings is 1. The topological polar surface area (TPSA) is 66.5 Å². The Balaban J connectivity index is 1.21. The molecule has 1 saturated heterocycles. The van der Waals surface area contributed by atoms with Crippen LogP contribution in [0.1, 0.15) is 41.9 Å². The number of nitrogens with one attached hydrogen (secondary N) is 2. The minimum atomic E-state index is -0.902. The van der Waals surface area contributed by atoms with Crippen molar-refractivity contribution in [2.45, 2.75) is 56.8 Å². The van der Waals surface area contributed by atoms with Gasteiger partial charge in [-0.15, -0.1) is 11.3 Å². The molecule has 2 atom stereocenters. The maximum absolute atomic E-state index is 14.3. The number of halogens is 5. The number of carbonyl (C=O) groups excluding carboxylic acids is 1. The van der Waals surface area contributed by atoms with Crippen molar-refractivity contribution in [3.63, 3.8) is 0 Å². The molecule has 0 spiro atoms. The van der Waals surface area contributed by atoms with Gasteiger partial charge >= 0.3 is 0 Å². The summed E-state index contributed by atoms with van der Waals surface area (Å²) >= 11 is 20.1. The second-order valence-corrected chi connectivity index (χ2v) is 12.9. The van der Waals surface area contributed by atoms with Crippen LogP contribution in [0.5, 0.6) is 5.75 Å². The third kappa shape index (κ3) is 6.32. The zero-order valence-electron chi connectivity index (χ0n) is 22.6. The molecule has 0 radical (unpaired) electrons. The zero-order chi connectivity index (χ0) is 29.4. The van der Waals surface area contributed by atoms with E-state index in [0.717, 1.165) is 58.9 Å². The number of fused-ring (bicyclic) bond motifs is 2. The molecule has 2 bridgehead atoms. The molecule has 3 aromatic rings. The van der Waals surface area contributed by atoms with Gasteiger partial charge in [0.25, 0.3) is 5.91 Å². The first-order valence-corrected chi connectivity index (χ1v) is 16.0. The van der Waals surface area contributed by atoms with Crippen LogP contribution >= 0.6 is 46.1 Å². The number of nitrogens with zero attached hydrogens (tertiary/aromatic N) is 2. The fourth-order valence-corrected chi connectivity index (χ4v) is 7.01. The number of aryl methyl sites for hydroxylation is 1. The summed E-state index contributed by atoms with van der Waals surface area (Å²) in [6.07, 6.45) is 3.66. The summed E-state index contributed by atoms with van der Waals surface area (Å²) in [6, 6.07) is 7.99. The van der Waals surface area contributed by atoms with Crippen molar-refractivity contribution in [3.05, 3.63) is 84.3 Å². The molecule has 1 aromatic heterocycles. The minimum Gasteiger partial charge on any atom is -0.488 e. The average Bonchev–Trinajstić information content (AvgIpc) is 3.71. The fraction of sp³-hybridized carbons (Fsp3) is 0.400. The van der Waals surface area contributed by atoms with Crippen molar-refractivity contribution in [2.75, 3.05) is 19.7 Å². The molecule has 222 valence electrons. The Hall–Kier alpha value is -2.27. The minimum absolute atomic E-state index is 0.00100. The van der Waals surface area contributed by atoms with E-state index in [1.165, 1.54) is 11.3 Å². The monoisotopic (exact) mass is 652 g/mol. The highest BCUT2D eigenvalue weighted by atomic mass is 35.5. The third-order valence-electron chi connectivity index (χ3n) is 7.79. The number of rotatable bonds is 10. The summed E-state index contributed by atoms with van der Waals surface area (Å²) < 4.78 is 33.5. The maximum Gasteiger partial charge on any atom is 0.252 e. The lowest BCUT2D eigenvalue weighted by molar-refractivity contribution is -0.128. The van der Waals surface area contributed by atoms with Crippen LogP contribution in [-0.2, 0) is 17.8 Å². The van der Waals surface area contributed by atoms with Crippen LogP contribution in [0, 0.1) is 11.6 Å². The summed E-state index contributed by atoms with van der Waals surface area (Å²) in [7, 11) is 0. The van der Waals surface area contributed by atoms with Crippen LogP contribution in [0.25, 0.3) is 5.57 Å². The van der Waals surface area contributed by atoms with Crippen LogP contribution in [0.4, 0.5) is 8.78 Å². The fourth-order valence-electron chi connectivity index (χ4n) is 5.56. The first kappa shape index (κ1) is 29.8. The average molecular weight is 654 g/mol. The van der Waals surface area contributed by atoms with E-state index in [2.05, 4.69) is 10.6 Å². The molecular weight excluding hydrogens is 625 g/mol. The maximum atomic E-state index is 14.3. The molecule has 3 aliphatic rings. The van der Waals surface area contributed by atoms with Gasteiger partial charge in [-0.1, -0.05) is 46.9 Å². The third-order valence-corrected chi connectivity index (χ3v) is 9.89. The number of carbonyl (C=O) groups is 1. The van der Waals surface area contributed by atoms with Gasteiger partial charge in [0.1, 0.15) is 5.01 Å². The Kier molecular flexibility index (Phi) is 9.05. The number of thiazole rings is 1. The molecule has 6 nitrogen and oxygen atoms in total.